The second kappa shape index (κ2) is 4.57. The summed E-state index contributed by atoms with van der Waals surface area (Å²) in [5.41, 5.74) is -1.09. The van der Waals surface area contributed by atoms with Gasteiger partial charge in [-0.15, -0.1) is 0 Å². The van der Waals surface area contributed by atoms with E-state index in [0.717, 1.165) is 18.2 Å². The minimum absolute atomic E-state index is 0.180. The molecule has 0 aliphatic rings. The molecule has 0 aromatic heterocycles. The summed E-state index contributed by atoms with van der Waals surface area (Å²) in [6, 6.07) is 2.93. The van der Waals surface area contributed by atoms with Crippen molar-refractivity contribution in [2.75, 3.05) is 14.2 Å². The molecule has 1 rings (SSSR count). The van der Waals surface area contributed by atoms with Crippen LogP contribution >= 0.6 is 0 Å². The topological polar surface area (TPSA) is 38.3 Å². The number of halogens is 2. The molecule has 0 saturated carbocycles. The number of likely N-dealkylation sites (N-methyl/N-ethyl adjacent to an activating group) is 1. The second-order valence-electron chi connectivity index (χ2n) is 3.52. The molecule has 1 N–H and O–H groups in total. The Kier molecular flexibility index (Phi) is 3.59. The Morgan fingerprint density at radius 2 is 1.81 bits per heavy atom. The van der Waals surface area contributed by atoms with Crippen LogP contribution in [0.1, 0.15) is 12.5 Å². The molecule has 16 heavy (non-hydrogen) atoms. The van der Waals surface area contributed by atoms with E-state index in [1.807, 2.05) is 0 Å². The number of hydrogen-bond acceptors (Lipinski definition) is 3. The third-order valence-corrected chi connectivity index (χ3v) is 2.53. The van der Waals surface area contributed by atoms with E-state index < -0.39 is 23.1 Å². The van der Waals surface area contributed by atoms with E-state index in [1.165, 1.54) is 21.1 Å². The molecule has 5 heteroatoms. The molecule has 1 unspecified atom stereocenters. The van der Waals surface area contributed by atoms with Gasteiger partial charge in [-0.2, -0.15) is 0 Å². The van der Waals surface area contributed by atoms with Crippen LogP contribution in [0.25, 0.3) is 0 Å². The van der Waals surface area contributed by atoms with Gasteiger partial charge in [-0.05, 0) is 31.7 Å². The predicted molar refractivity (Wildman–Crippen MR) is 54.8 cm³/mol. The number of carbonyl (C=O) groups is 1. The van der Waals surface area contributed by atoms with Crippen LogP contribution in [0.15, 0.2) is 18.2 Å². The lowest BCUT2D eigenvalue weighted by Gasteiger charge is -2.26. The summed E-state index contributed by atoms with van der Waals surface area (Å²) in [4.78, 5) is 11.6. The third-order valence-electron chi connectivity index (χ3n) is 2.53. The maximum atomic E-state index is 13.0. The van der Waals surface area contributed by atoms with Crippen molar-refractivity contribution < 1.29 is 18.3 Å². The summed E-state index contributed by atoms with van der Waals surface area (Å²) in [6.45, 7) is 1.49. The maximum Gasteiger partial charge on any atom is 0.330 e. The van der Waals surface area contributed by atoms with E-state index in [1.54, 1.807) is 0 Å². The normalized spacial score (nSPS) is 14.3. The summed E-state index contributed by atoms with van der Waals surface area (Å²) in [5.74, 6) is -2.08. The zero-order valence-corrected chi connectivity index (χ0v) is 9.30. The van der Waals surface area contributed by atoms with Crippen LogP contribution in [0.4, 0.5) is 8.78 Å². The first kappa shape index (κ1) is 12.6. The molecule has 88 valence electrons. The van der Waals surface area contributed by atoms with Gasteiger partial charge in [-0.3, -0.25) is 0 Å². The van der Waals surface area contributed by atoms with Crippen LogP contribution in [-0.2, 0) is 15.1 Å². The molecule has 3 nitrogen and oxygen atoms in total. The van der Waals surface area contributed by atoms with E-state index in [2.05, 4.69) is 10.1 Å². The molecule has 0 aliphatic heterocycles. The average molecular weight is 229 g/mol. The largest absolute Gasteiger partial charge is 0.467 e. The standard InChI is InChI=1S/C11H13F2NO2/c1-11(14-2,10(15)16-3)7-4-8(12)6-9(13)5-7/h4-6,14H,1-3H3. The highest BCUT2D eigenvalue weighted by atomic mass is 19.1. The summed E-state index contributed by atoms with van der Waals surface area (Å²) in [6.07, 6.45) is 0. The summed E-state index contributed by atoms with van der Waals surface area (Å²) < 4.78 is 30.7. The number of ether oxygens (including phenoxy) is 1. The SMILES string of the molecule is CNC(C)(C(=O)OC)c1cc(F)cc(F)c1. The number of esters is 1. The monoisotopic (exact) mass is 229 g/mol. The van der Waals surface area contributed by atoms with Crippen molar-refractivity contribution >= 4 is 5.97 Å². The van der Waals surface area contributed by atoms with E-state index in [-0.39, 0.29) is 5.56 Å². The van der Waals surface area contributed by atoms with Gasteiger partial charge >= 0.3 is 5.97 Å². The Balaban J connectivity index is 3.27. The van der Waals surface area contributed by atoms with Gasteiger partial charge in [0.1, 0.15) is 17.2 Å². The van der Waals surface area contributed by atoms with Crippen molar-refractivity contribution in [3.8, 4) is 0 Å². The van der Waals surface area contributed by atoms with Gasteiger partial charge in [0.15, 0.2) is 0 Å². The molecule has 0 radical (unpaired) electrons. The summed E-state index contributed by atoms with van der Waals surface area (Å²) in [5, 5.41) is 2.69. The first-order valence-electron chi connectivity index (χ1n) is 4.68. The Labute approximate surface area is 92.4 Å². The van der Waals surface area contributed by atoms with Gasteiger partial charge < -0.3 is 10.1 Å². The smallest absolute Gasteiger partial charge is 0.330 e. The summed E-state index contributed by atoms with van der Waals surface area (Å²) >= 11 is 0. The van der Waals surface area contributed by atoms with Crippen molar-refractivity contribution in [1.82, 2.24) is 5.32 Å². The number of benzene rings is 1. The van der Waals surface area contributed by atoms with Gasteiger partial charge in [0, 0.05) is 6.07 Å². The number of hydrogen-bond donors (Lipinski definition) is 1. The van der Waals surface area contributed by atoms with Crippen LogP contribution in [0.2, 0.25) is 0 Å². The van der Waals surface area contributed by atoms with Crippen LogP contribution < -0.4 is 5.32 Å². The van der Waals surface area contributed by atoms with Gasteiger partial charge in [-0.25, -0.2) is 13.6 Å². The van der Waals surface area contributed by atoms with E-state index in [0.29, 0.717) is 0 Å². The first-order chi connectivity index (χ1) is 7.43. The number of carbonyl (C=O) groups excluding carboxylic acids is 1. The van der Waals surface area contributed by atoms with Gasteiger partial charge in [0.2, 0.25) is 0 Å². The molecule has 1 aromatic carbocycles. The van der Waals surface area contributed by atoms with Crippen molar-refractivity contribution in [3.63, 3.8) is 0 Å². The fraction of sp³-hybridized carbons (Fsp3) is 0.364. The highest BCUT2D eigenvalue weighted by Crippen LogP contribution is 2.23. The lowest BCUT2D eigenvalue weighted by atomic mass is 9.92. The molecule has 0 aliphatic carbocycles. The Hall–Kier alpha value is -1.49. The fourth-order valence-electron chi connectivity index (χ4n) is 1.41. The van der Waals surface area contributed by atoms with E-state index >= 15 is 0 Å². The fourth-order valence-corrected chi connectivity index (χ4v) is 1.41. The van der Waals surface area contributed by atoms with Crippen molar-refractivity contribution in [1.29, 1.82) is 0 Å². The molecule has 0 saturated heterocycles. The van der Waals surface area contributed by atoms with Crippen molar-refractivity contribution in [2.24, 2.45) is 0 Å². The molecule has 0 fully saturated rings. The number of nitrogens with one attached hydrogen (secondary N) is 1. The van der Waals surface area contributed by atoms with Crippen LogP contribution in [-0.4, -0.2) is 20.1 Å². The summed E-state index contributed by atoms with van der Waals surface area (Å²) in [7, 11) is 2.73. The molecule has 1 aromatic rings. The zero-order valence-electron chi connectivity index (χ0n) is 9.30. The second-order valence-corrected chi connectivity index (χ2v) is 3.52. The minimum Gasteiger partial charge on any atom is -0.467 e. The molecule has 0 amide bonds. The zero-order chi connectivity index (χ0) is 12.3. The lowest BCUT2D eigenvalue weighted by Crippen LogP contribution is -2.45. The Morgan fingerprint density at radius 1 is 1.31 bits per heavy atom. The number of rotatable bonds is 3. The number of methoxy groups -OCH3 is 1. The van der Waals surface area contributed by atoms with Gasteiger partial charge in [0.05, 0.1) is 7.11 Å². The highest BCUT2D eigenvalue weighted by Gasteiger charge is 2.35. The highest BCUT2D eigenvalue weighted by molar-refractivity contribution is 5.82. The molecular formula is C11H13F2NO2. The van der Waals surface area contributed by atoms with Crippen LogP contribution in [0, 0.1) is 11.6 Å². The molecule has 0 spiro atoms. The van der Waals surface area contributed by atoms with Gasteiger partial charge in [0.25, 0.3) is 0 Å². The predicted octanol–water partition coefficient (Wildman–Crippen LogP) is 1.57. The molecular weight excluding hydrogens is 216 g/mol. The first-order valence-corrected chi connectivity index (χ1v) is 4.68. The van der Waals surface area contributed by atoms with Gasteiger partial charge in [-0.1, -0.05) is 0 Å². The van der Waals surface area contributed by atoms with E-state index in [4.69, 9.17) is 0 Å². The maximum absolute atomic E-state index is 13.0. The van der Waals surface area contributed by atoms with Crippen LogP contribution in [0.5, 0.6) is 0 Å². The Bertz CT molecular complexity index is 389. The Morgan fingerprint density at radius 3 is 2.19 bits per heavy atom. The van der Waals surface area contributed by atoms with Crippen molar-refractivity contribution in [2.45, 2.75) is 12.5 Å². The third kappa shape index (κ3) is 2.19. The minimum atomic E-state index is -1.27. The van der Waals surface area contributed by atoms with Crippen molar-refractivity contribution in [3.05, 3.63) is 35.4 Å². The molecule has 0 heterocycles. The van der Waals surface area contributed by atoms with E-state index in [9.17, 15) is 13.6 Å². The van der Waals surface area contributed by atoms with Crippen LogP contribution in [0.3, 0.4) is 0 Å². The molecule has 1 atom stereocenters. The average Bonchev–Trinajstić information content (AvgIpc) is 2.25. The molecule has 0 bridgehead atoms. The quantitative estimate of drug-likeness (QED) is 0.799. The lowest BCUT2D eigenvalue weighted by molar-refractivity contribution is -0.148.